The third-order valence-corrected chi connectivity index (χ3v) is 2.75. The van der Waals surface area contributed by atoms with Crippen LogP contribution in [0.25, 0.3) is 0 Å². The Hall–Kier alpha value is -0.930. The fourth-order valence-corrected chi connectivity index (χ4v) is 2.05. The quantitative estimate of drug-likeness (QED) is 0.794. The third-order valence-electron chi connectivity index (χ3n) is 2.75. The van der Waals surface area contributed by atoms with Crippen LogP contribution >= 0.6 is 0 Å². The van der Waals surface area contributed by atoms with Crippen molar-refractivity contribution in [2.75, 3.05) is 19.6 Å². The topological polar surface area (TPSA) is 15.3 Å². The van der Waals surface area contributed by atoms with Gasteiger partial charge in [0, 0.05) is 32.2 Å². The maximum absolute atomic E-state index is 13.0. The van der Waals surface area contributed by atoms with E-state index in [0.717, 1.165) is 31.7 Å². The van der Waals surface area contributed by atoms with E-state index in [4.69, 9.17) is 0 Å². The summed E-state index contributed by atoms with van der Waals surface area (Å²) in [6.45, 7) is 6.13. The van der Waals surface area contributed by atoms with Crippen LogP contribution in [0.4, 0.5) is 4.39 Å². The molecule has 1 aliphatic rings. The van der Waals surface area contributed by atoms with Crippen molar-refractivity contribution in [2.45, 2.75) is 19.5 Å². The fraction of sp³-hybridized carbons (Fsp3) is 0.500. The number of nitrogens with one attached hydrogen (secondary N) is 1. The number of piperazine rings is 1. The Morgan fingerprint density at radius 3 is 3.13 bits per heavy atom. The van der Waals surface area contributed by atoms with Gasteiger partial charge in [0.2, 0.25) is 0 Å². The average molecular weight is 208 g/mol. The number of halogens is 1. The molecule has 2 nitrogen and oxygen atoms in total. The molecule has 0 bridgehead atoms. The molecule has 1 aromatic rings. The van der Waals surface area contributed by atoms with Crippen LogP contribution in [-0.4, -0.2) is 30.6 Å². The first-order chi connectivity index (χ1) is 7.24. The highest BCUT2D eigenvalue weighted by atomic mass is 19.1. The second-order valence-electron chi connectivity index (χ2n) is 4.22. The minimum Gasteiger partial charge on any atom is -0.312 e. The summed E-state index contributed by atoms with van der Waals surface area (Å²) >= 11 is 0. The van der Waals surface area contributed by atoms with Gasteiger partial charge < -0.3 is 5.32 Å². The number of nitrogens with zero attached hydrogens (tertiary/aromatic N) is 1. The van der Waals surface area contributed by atoms with Gasteiger partial charge >= 0.3 is 0 Å². The molecular weight excluding hydrogens is 191 g/mol. The van der Waals surface area contributed by atoms with Gasteiger partial charge in [-0.25, -0.2) is 4.39 Å². The van der Waals surface area contributed by atoms with Crippen molar-refractivity contribution < 1.29 is 4.39 Å². The molecule has 0 aromatic heterocycles. The fourth-order valence-electron chi connectivity index (χ4n) is 2.05. The van der Waals surface area contributed by atoms with E-state index in [-0.39, 0.29) is 5.82 Å². The van der Waals surface area contributed by atoms with Crippen molar-refractivity contribution in [3.8, 4) is 0 Å². The maximum atomic E-state index is 13.0. The lowest BCUT2D eigenvalue weighted by Crippen LogP contribution is -2.48. The van der Waals surface area contributed by atoms with Gasteiger partial charge in [-0.2, -0.15) is 0 Å². The van der Waals surface area contributed by atoms with Crippen LogP contribution in [0.15, 0.2) is 24.3 Å². The predicted molar refractivity (Wildman–Crippen MR) is 59.1 cm³/mol. The maximum Gasteiger partial charge on any atom is 0.123 e. The first kappa shape index (κ1) is 10.6. The molecule has 3 heteroatoms. The van der Waals surface area contributed by atoms with E-state index in [2.05, 4.69) is 17.1 Å². The molecule has 0 spiro atoms. The molecule has 15 heavy (non-hydrogen) atoms. The lowest BCUT2D eigenvalue weighted by molar-refractivity contribution is 0.199. The van der Waals surface area contributed by atoms with E-state index in [0.29, 0.717) is 6.04 Å². The van der Waals surface area contributed by atoms with Crippen LogP contribution in [0, 0.1) is 5.82 Å². The van der Waals surface area contributed by atoms with Gasteiger partial charge in [0.15, 0.2) is 0 Å². The van der Waals surface area contributed by atoms with Gasteiger partial charge in [-0.15, -0.1) is 0 Å². The number of hydrogen-bond donors (Lipinski definition) is 1. The molecule has 1 atom stereocenters. The second kappa shape index (κ2) is 4.73. The molecule has 0 saturated carbocycles. The predicted octanol–water partition coefficient (Wildman–Crippen LogP) is 1.62. The molecule has 1 heterocycles. The van der Waals surface area contributed by atoms with Gasteiger partial charge in [0.25, 0.3) is 0 Å². The largest absolute Gasteiger partial charge is 0.312 e. The van der Waals surface area contributed by atoms with Crippen molar-refractivity contribution >= 4 is 0 Å². The Morgan fingerprint density at radius 1 is 1.53 bits per heavy atom. The van der Waals surface area contributed by atoms with Crippen molar-refractivity contribution in [1.82, 2.24) is 10.2 Å². The highest BCUT2D eigenvalue weighted by molar-refractivity contribution is 5.16. The van der Waals surface area contributed by atoms with E-state index in [1.807, 2.05) is 6.07 Å². The Morgan fingerprint density at radius 2 is 2.40 bits per heavy atom. The monoisotopic (exact) mass is 208 g/mol. The van der Waals surface area contributed by atoms with E-state index in [1.54, 1.807) is 12.1 Å². The lowest BCUT2D eigenvalue weighted by Gasteiger charge is -2.31. The minimum absolute atomic E-state index is 0.143. The zero-order valence-electron chi connectivity index (χ0n) is 9.04. The summed E-state index contributed by atoms with van der Waals surface area (Å²) in [5, 5.41) is 3.39. The van der Waals surface area contributed by atoms with Crippen LogP contribution in [0.1, 0.15) is 12.5 Å². The number of hydrogen-bond acceptors (Lipinski definition) is 2. The van der Waals surface area contributed by atoms with Crippen molar-refractivity contribution in [3.05, 3.63) is 35.6 Å². The van der Waals surface area contributed by atoms with Crippen LogP contribution in [0.3, 0.4) is 0 Å². The lowest BCUT2D eigenvalue weighted by atomic mass is 10.1. The standard InChI is InChI=1S/C12H17FN2/c1-10-8-15(6-5-14-10)9-11-3-2-4-12(13)7-11/h2-4,7,10,14H,5-6,8-9H2,1H3/t10-/m1/s1. The Labute approximate surface area is 90.1 Å². The molecule has 82 valence electrons. The van der Waals surface area contributed by atoms with Crippen molar-refractivity contribution in [1.29, 1.82) is 0 Å². The minimum atomic E-state index is -0.143. The molecule has 0 amide bonds. The van der Waals surface area contributed by atoms with Crippen LogP contribution < -0.4 is 5.32 Å². The summed E-state index contributed by atoms with van der Waals surface area (Å²) in [5.41, 5.74) is 1.06. The van der Waals surface area contributed by atoms with E-state index in [1.165, 1.54) is 6.07 Å². The molecule has 1 N–H and O–H groups in total. The first-order valence-electron chi connectivity index (χ1n) is 5.44. The molecule has 1 aromatic carbocycles. The van der Waals surface area contributed by atoms with Crippen LogP contribution in [0.5, 0.6) is 0 Å². The molecule has 0 aliphatic carbocycles. The van der Waals surface area contributed by atoms with E-state index >= 15 is 0 Å². The SMILES string of the molecule is C[C@@H]1CN(Cc2cccc(F)c2)CCN1. The van der Waals surface area contributed by atoms with Gasteiger partial charge in [-0.05, 0) is 24.6 Å². The summed E-state index contributed by atoms with van der Waals surface area (Å²) in [4.78, 5) is 2.36. The average Bonchev–Trinajstić information content (AvgIpc) is 2.17. The second-order valence-corrected chi connectivity index (χ2v) is 4.22. The Kier molecular flexibility index (Phi) is 3.34. The number of benzene rings is 1. The zero-order chi connectivity index (χ0) is 10.7. The van der Waals surface area contributed by atoms with Crippen molar-refractivity contribution in [3.63, 3.8) is 0 Å². The van der Waals surface area contributed by atoms with Gasteiger partial charge in [0.1, 0.15) is 5.82 Å². The zero-order valence-corrected chi connectivity index (χ0v) is 9.04. The Bertz CT molecular complexity index is 327. The van der Waals surface area contributed by atoms with Gasteiger partial charge in [-0.1, -0.05) is 12.1 Å². The highest BCUT2D eigenvalue weighted by Crippen LogP contribution is 2.09. The molecule has 1 saturated heterocycles. The molecule has 0 unspecified atom stereocenters. The summed E-state index contributed by atoms with van der Waals surface area (Å²) < 4.78 is 13.0. The summed E-state index contributed by atoms with van der Waals surface area (Å²) in [6, 6.07) is 7.40. The molecule has 0 radical (unpaired) electrons. The molecular formula is C12H17FN2. The highest BCUT2D eigenvalue weighted by Gasteiger charge is 2.15. The number of rotatable bonds is 2. The van der Waals surface area contributed by atoms with Crippen LogP contribution in [0.2, 0.25) is 0 Å². The van der Waals surface area contributed by atoms with E-state index < -0.39 is 0 Å². The van der Waals surface area contributed by atoms with E-state index in [9.17, 15) is 4.39 Å². The first-order valence-corrected chi connectivity index (χ1v) is 5.44. The molecule has 1 fully saturated rings. The van der Waals surface area contributed by atoms with Gasteiger partial charge in [0.05, 0.1) is 0 Å². The third kappa shape index (κ3) is 3.01. The van der Waals surface area contributed by atoms with Gasteiger partial charge in [-0.3, -0.25) is 4.90 Å². The van der Waals surface area contributed by atoms with Crippen molar-refractivity contribution in [2.24, 2.45) is 0 Å². The molecule has 1 aliphatic heterocycles. The normalized spacial score (nSPS) is 22.9. The Balaban J connectivity index is 1.96. The summed E-state index contributed by atoms with van der Waals surface area (Å²) in [5.74, 6) is -0.143. The molecule has 2 rings (SSSR count). The summed E-state index contributed by atoms with van der Waals surface area (Å²) in [7, 11) is 0. The summed E-state index contributed by atoms with van der Waals surface area (Å²) in [6.07, 6.45) is 0. The smallest absolute Gasteiger partial charge is 0.123 e. The van der Waals surface area contributed by atoms with Crippen LogP contribution in [-0.2, 0) is 6.54 Å².